The van der Waals surface area contributed by atoms with Gasteiger partial charge in [0, 0.05) is 47.3 Å². The van der Waals surface area contributed by atoms with Gasteiger partial charge in [0.15, 0.2) is 0 Å². The van der Waals surface area contributed by atoms with Gasteiger partial charge < -0.3 is 16.4 Å². The highest BCUT2D eigenvalue weighted by atomic mass is 32.2. The van der Waals surface area contributed by atoms with Crippen molar-refractivity contribution < 1.29 is 9.00 Å². The summed E-state index contributed by atoms with van der Waals surface area (Å²) in [6.45, 7) is 1.99. The van der Waals surface area contributed by atoms with Gasteiger partial charge in [0.1, 0.15) is 0 Å². The Morgan fingerprint density at radius 3 is 2.74 bits per heavy atom. The molecule has 0 heterocycles. The molecule has 0 saturated heterocycles. The van der Waals surface area contributed by atoms with E-state index < -0.39 is 10.8 Å². The minimum Gasteiger partial charge on any atom is -0.399 e. The molecule has 0 aliphatic carbocycles. The third-order valence-corrected chi connectivity index (χ3v) is 3.57. The largest absolute Gasteiger partial charge is 0.399 e. The number of nitrogens with one attached hydrogen (secondary N) is 2. The van der Waals surface area contributed by atoms with Crippen molar-refractivity contribution in [2.45, 2.75) is 19.4 Å². The first kappa shape index (κ1) is 15.5. The molecule has 2 unspecified atom stereocenters. The summed E-state index contributed by atoms with van der Waals surface area (Å²) in [7, 11) is 0.781. The van der Waals surface area contributed by atoms with E-state index in [1.54, 1.807) is 31.5 Å². The lowest BCUT2D eigenvalue weighted by atomic mass is 10.1. The quantitative estimate of drug-likeness (QED) is 0.685. The van der Waals surface area contributed by atoms with Gasteiger partial charge in [-0.2, -0.15) is 0 Å². The van der Waals surface area contributed by atoms with Crippen molar-refractivity contribution in [3.05, 3.63) is 23.8 Å². The molecular formula is C13H21N3O2S. The molecule has 0 spiro atoms. The van der Waals surface area contributed by atoms with Crippen LogP contribution < -0.4 is 16.4 Å². The van der Waals surface area contributed by atoms with E-state index in [0.29, 0.717) is 22.7 Å². The molecule has 1 rings (SSSR count). The lowest BCUT2D eigenvalue weighted by Gasteiger charge is -2.17. The lowest BCUT2D eigenvalue weighted by Crippen LogP contribution is -2.23. The first-order valence-corrected chi connectivity index (χ1v) is 7.85. The Morgan fingerprint density at radius 1 is 1.47 bits per heavy atom. The number of benzene rings is 1. The summed E-state index contributed by atoms with van der Waals surface area (Å²) in [6, 6.07) is 5.25. The molecule has 1 aromatic rings. The van der Waals surface area contributed by atoms with Crippen molar-refractivity contribution in [3.63, 3.8) is 0 Å². The number of anilines is 2. The third kappa shape index (κ3) is 4.90. The van der Waals surface area contributed by atoms with Crippen molar-refractivity contribution in [1.82, 2.24) is 5.32 Å². The highest BCUT2D eigenvalue weighted by Gasteiger charge is 2.12. The summed E-state index contributed by atoms with van der Waals surface area (Å²) < 4.78 is 11.1. The van der Waals surface area contributed by atoms with Gasteiger partial charge in [-0.3, -0.25) is 9.00 Å². The summed E-state index contributed by atoms with van der Waals surface area (Å²) >= 11 is 0. The van der Waals surface area contributed by atoms with Crippen LogP contribution in [0.4, 0.5) is 11.4 Å². The Kier molecular flexibility index (Phi) is 5.82. The van der Waals surface area contributed by atoms with Crippen LogP contribution in [0.25, 0.3) is 0 Å². The van der Waals surface area contributed by atoms with Crippen LogP contribution in [0.15, 0.2) is 18.2 Å². The fourth-order valence-corrected chi connectivity index (χ4v) is 2.38. The summed E-state index contributed by atoms with van der Waals surface area (Å²) in [5.41, 5.74) is 7.60. The molecular weight excluding hydrogens is 262 g/mol. The highest BCUT2D eigenvalue weighted by molar-refractivity contribution is 7.84. The van der Waals surface area contributed by atoms with Crippen molar-refractivity contribution >= 4 is 28.1 Å². The third-order valence-electron chi connectivity index (χ3n) is 2.76. The number of amides is 1. The van der Waals surface area contributed by atoms with Gasteiger partial charge in [0.05, 0.1) is 5.56 Å². The van der Waals surface area contributed by atoms with Crippen molar-refractivity contribution in [3.8, 4) is 0 Å². The van der Waals surface area contributed by atoms with Crippen LogP contribution in [0.2, 0.25) is 0 Å². The zero-order chi connectivity index (χ0) is 14.4. The van der Waals surface area contributed by atoms with Crippen molar-refractivity contribution in [2.24, 2.45) is 0 Å². The number of nitrogen functional groups attached to an aromatic ring is 1. The summed E-state index contributed by atoms with van der Waals surface area (Å²) in [4.78, 5) is 11.8. The standard InChI is InChI=1S/C13H21N3O2S/c1-9(6-7-19(3)18)16-12-8-10(14)4-5-11(12)13(17)15-2/h4-5,8-9,16H,6-7,14H2,1-3H3,(H,15,17). The minimum absolute atomic E-state index is 0.120. The maximum atomic E-state index is 11.8. The molecule has 2 atom stereocenters. The van der Waals surface area contributed by atoms with Gasteiger partial charge in [-0.15, -0.1) is 0 Å². The normalized spacial score (nSPS) is 13.6. The van der Waals surface area contributed by atoms with Crippen molar-refractivity contribution in [2.75, 3.05) is 30.1 Å². The molecule has 0 radical (unpaired) electrons. The van der Waals surface area contributed by atoms with Crippen LogP contribution in [0, 0.1) is 0 Å². The van der Waals surface area contributed by atoms with Gasteiger partial charge >= 0.3 is 0 Å². The van der Waals surface area contributed by atoms with E-state index in [9.17, 15) is 9.00 Å². The van der Waals surface area contributed by atoms with Crippen LogP contribution in [0.3, 0.4) is 0 Å². The van der Waals surface area contributed by atoms with E-state index in [1.807, 2.05) is 6.92 Å². The van der Waals surface area contributed by atoms with Gasteiger partial charge in [-0.05, 0) is 31.5 Å². The summed E-state index contributed by atoms with van der Waals surface area (Å²) in [5, 5.41) is 5.84. The van der Waals surface area contributed by atoms with Crippen molar-refractivity contribution in [1.29, 1.82) is 0 Å². The number of carbonyl (C=O) groups is 1. The molecule has 0 aromatic heterocycles. The zero-order valence-electron chi connectivity index (χ0n) is 11.5. The second-order valence-electron chi connectivity index (χ2n) is 4.50. The van der Waals surface area contributed by atoms with Gasteiger partial charge in [0.2, 0.25) is 0 Å². The number of rotatable bonds is 6. The number of carbonyl (C=O) groups excluding carboxylic acids is 1. The van der Waals surface area contributed by atoms with E-state index in [1.165, 1.54) is 0 Å². The Morgan fingerprint density at radius 2 is 2.16 bits per heavy atom. The molecule has 6 heteroatoms. The molecule has 0 fully saturated rings. The van der Waals surface area contributed by atoms with Crippen LogP contribution in [0.5, 0.6) is 0 Å². The highest BCUT2D eigenvalue weighted by Crippen LogP contribution is 2.20. The van der Waals surface area contributed by atoms with Crippen LogP contribution in [0.1, 0.15) is 23.7 Å². The van der Waals surface area contributed by atoms with Crippen LogP contribution in [-0.2, 0) is 10.8 Å². The van der Waals surface area contributed by atoms with E-state index in [0.717, 1.165) is 6.42 Å². The lowest BCUT2D eigenvalue weighted by molar-refractivity contribution is 0.0964. The molecule has 0 bridgehead atoms. The molecule has 0 aliphatic rings. The van der Waals surface area contributed by atoms with E-state index in [-0.39, 0.29) is 11.9 Å². The number of hydrogen-bond acceptors (Lipinski definition) is 4. The van der Waals surface area contributed by atoms with E-state index in [4.69, 9.17) is 5.73 Å². The van der Waals surface area contributed by atoms with Gasteiger partial charge in [0.25, 0.3) is 5.91 Å². The van der Waals surface area contributed by atoms with Gasteiger partial charge in [-0.25, -0.2) is 0 Å². The SMILES string of the molecule is CNC(=O)c1ccc(N)cc1NC(C)CCS(C)=O. The molecule has 1 aromatic carbocycles. The monoisotopic (exact) mass is 283 g/mol. The van der Waals surface area contributed by atoms with E-state index in [2.05, 4.69) is 10.6 Å². The zero-order valence-corrected chi connectivity index (χ0v) is 12.3. The molecule has 0 aliphatic heterocycles. The molecule has 5 nitrogen and oxygen atoms in total. The maximum absolute atomic E-state index is 11.8. The summed E-state index contributed by atoms with van der Waals surface area (Å²) in [6.07, 6.45) is 2.45. The van der Waals surface area contributed by atoms with E-state index >= 15 is 0 Å². The summed E-state index contributed by atoms with van der Waals surface area (Å²) in [5.74, 6) is 0.472. The Balaban J connectivity index is 2.83. The molecule has 19 heavy (non-hydrogen) atoms. The second-order valence-corrected chi connectivity index (χ2v) is 6.05. The Bertz CT molecular complexity index is 477. The maximum Gasteiger partial charge on any atom is 0.253 e. The first-order valence-electron chi connectivity index (χ1n) is 6.12. The Labute approximate surface area is 116 Å². The fraction of sp³-hybridized carbons (Fsp3) is 0.462. The smallest absolute Gasteiger partial charge is 0.253 e. The fourth-order valence-electron chi connectivity index (χ4n) is 1.69. The molecule has 106 valence electrons. The molecule has 1 amide bonds. The van der Waals surface area contributed by atoms with Gasteiger partial charge in [-0.1, -0.05) is 0 Å². The first-order chi connectivity index (χ1) is 8.93. The number of hydrogen-bond donors (Lipinski definition) is 3. The molecule has 0 saturated carbocycles. The average molecular weight is 283 g/mol. The predicted molar refractivity (Wildman–Crippen MR) is 80.9 cm³/mol. The van der Waals surface area contributed by atoms with Crippen LogP contribution in [-0.4, -0.2) is 35.2 Å². The predicted octanol–water partition coefficient (Wildman–Crippen LogP) is 1.20. The Hall–Kier alpha value is -1.56. The average Bonchev–Trinajstić information content (AvgIpc) is 2.35. The van der Waals surface area contributed by atoms with Crippen LogP contribution >= 0.6 is 0 Å². The topological polar surface area (TPSA) is 84.2 Å². The number of nitrogens with two attached hydrogens (primary N) is 1. The minimum atomic E-state index is -0.808. The molecule has 4 N–H and O–H groups in total. The second kappa shape index (κ2) is 7.13.